The zero-order valence-corrected chi connectivity index (χ0v) is 15.3. The number of rotatable bonds is 4. The number of fused-ring (bicyclic) bond motifs is 1. The molecule has 1 saturated heterocycles. The molecule has 0 amide bonds. The van der Waals surface area contributed by atoms with Crippen molar-refractivity contribution in [2.75, 3.05) is 13.2 Å². The molecule has 3 rings (SSSR count). The molecule has 1 aliphatic heterocycles. The Hall–Kier alpha value is -1.99. The Morgan fingerprint density at radius 2 is 2.12 bits per heavy atom. The molecule has 134 valence electrons. The third kappa shape index (κ3) is 3.26. The summed E-state index contributed by atoms with van der Waals surface area (Å²) in [5, 5.41) is 0.579. The smallest absolute Gasteiger partial charge is 0.324 e. The lowest BCUT2D eigenvalue weighted by molar-refractivity contribution is -0.148. The minimum absolute atomic E-state index is 0.192. The maximum atomic E-state index is 13.3. The van der Waals surface area contributed by atoms with Gasteiger partial charge in [0.05, 0.1) is 17.0 Å². The SMILES string of the molecule is CCOC(=O)C1CCCCN1S(=O)(=O)c1ccc(C)c2ncccc12. The summed E-state index contributed by atoms with van der Waals surface area (Å²) in [4.78, 5) is 16.8. The number of ether oxygens (including phenoxy) is 1. The van der Waals surface area contributed by atoms with Crippen LogP contribution in [0.2, 0.25) is 0 Å². The number of carbonyl (C=O) groups is 1. The fourth-order valence-electron chi connectivity index (χ4n) is 3.31. The van der Waals surface area contributed by atoms with Gasteiger partial charge in [0.25, 0.3) is 0 Å². The fraction of sp³-hybridized carbons (Fsp3) is 0.444. The second-order valence-electron chi connectivity index (χ2n) is 6.16. The molecule has 6 nitrogen and oxygen atoms in total. The van der Waals surface area contributed by atoms with Crippen LogP contribution in [0.3, 0.4) is 0 Å². The number of piperidine rings is 1. The van der Waals surface area contributed by atoms with Crippen LogP contribution in [0.25, 0.3) is 10.9 Å². The monoisotopic (exact) mass is 362 g/mol. The third-order valence-electron chi connectivity index (χ3n) is 4.53. The summed E-state index contributed by atoms with van der Waals surface area (Å²) in [5.41, 5.74) is 1.57. The van der Waals surface area contributed by atoms with E-state index in [0.29, 0.717) is 23.9 Å². The molecule has 0 radical (unpaired) electrons. The highest BCUT2D eigenvalue weighted by atomic mass is 32.2. The molecule has 0 N–H and O–H groups in total. The summed E-state index contributed by atoms with van der Waals surface area (Å²) >= 11 is 0. The van der Waals surface area contributed by atoms with Crippen LogP contribution < -0.4 is 0 Å². The van der Waals surface area contributed by atoms with E-state index in [1.165, 1.54) is 4.31 Å². The molecular formula is C18H22N2O4S. The van der Waals surface area contributed by atoms with Gasteiger partial charge in [-0.15, -0.1) is 0 Å². The molecule has 1 aromatic carbocycles. The maximum absolute atomic E-state index is 13.3. The van der Waals surface area contributed by atoms with Gasteiger partial charge < -0.3 is 4.74 Å². The summed E-state index contributed by atoms with van der Waals surface area (Å²) in [6.07, 6.45) is 3.68. The topological polar surface area (TPSA) is 76.6 Å². The van der Waals surface area contributed by atoms with Crippen molar-refractivity contribution < 1.29 is 17.9 Å². The number of hydrogen-bond donors (Lipinski definition) is 0. The number of carbonyl (C=O) groups excluding carboxylic acids is 1. The van der Waals surface area contributed by atoms with Gasteiger partial charge in [-0.2, -0.15) is 4.31 Å². The average molecular weight is 362 g/mol. The third-order valence-corrected chi connectivity index (χ3v) is 6.50. The summed E-state index contributed by atoms with van der Waals surface area (Å²) in [6.45, 7) is 4.18. The summed E-state index contributed by atoms with van der Waals surface area (Å²) in [7, 11) is -3.83. The van der Waals surface area contributed by atoms with Gasteiger partial charge in [0, 0.05) is 18.1 Å². The van der Waals surface area contributed by atoms with Crippen molar-refractivity contribution in [3.63, 3.8) is 0 Å². The molecule has 1 unspecified atom stereocenters. The fourth-order valence-corrected chi connectivity index (χ4v) is 5.14. The van der Waals surface area contributed by atoms with E-state index < -0.39 is 22.0 Å². The van der Waals surface area contributed by atoms with Crippen LogP contribution in [-0.2, 0) is 19.6 Å². The highest BCUT2D eigenvalue weighted by Crippen LogP contribution is 2.31. The van der Waals surface area contributed by atoms with Gasteiger partial charge in [0.2, 0.25) is 10.0 Å². The first-order valence-corrected chi connectivity index (χ1v) is 9.93. The van der Waals surface area contributed by atoms with Crippen molar-refractivity contribution in [2.24, 2.45) is 0 Å². The first-order chi connectivity index (χ1) is 12.0. The lowest BCUT2D eigenvalue weighted by Gasteiger charge is -2.33. The second-order valence-corrected chi connectivity index (χ2v) is 8.02. The molecule has 0 aliphatic carbocycles. The quantitative estimate of drug-likeness (QED) is 0.782. The molecule has 7 heteroatoms. The number of pyridine rings is 1. The van der Waals surface area contributed by atoms with Crippen LogP contribution in [-0.4, -0.2) is 42.9 Å². The highest BCUT2D eigenvalue weighted by Gasteiger charge is 2.39. The molecule has 2 heterocycles. The molecule has 1 aliphatic rings. The largest absolute Gasteiger partial charge is 0.465 e. The van der Waals surface area contributed by atoms with E-state index in [0.717, 1.165) is 18.4 Å². The lowest BCUT2D eigenvalue weighted by atomic mass is 10.1. The standard InChI is InChI=1S/C18H22N2O4S/c1-3-24-18(21)15-8-4-5-12-20(15)25(22,23)16-10-9-13(2)17-14(16)7-6-11-19-17/h6-7,9-11,15H,3-5,8,12H2,1-2H3. The molecule has 1 aromatic heterocycles. The molecule has 1 atom stereocenters. The highest BCUT2D eigenvalue weighted by molar-refractivity contribution is 7.89. The van der Waals surface area contributed by atoms with Crippen LogP contribution in [0.5, 0.6) is 0 Å². The molecular weight excluding hydrogens is 340 g/mol. The van der Waals surface area contributed by atoms with Gasteiger partial charge in [0.1, 0.15) is 6.04 Å². The Labute approximate surface area is 147 Å². The number of hydrogen-bond acceptors (Lipinski definition) is 5. The number of esters is 1. The Morgan fingerprint density at radius 3 is 2.88 bits per heavy atom. The first kappa shape index (κ1) is 17.8. The zero-order valence-electron chi connectivity index (χ0n) is 14.4. The van der Waals surface area contributed by atoms with Gasteiger partial charge >= 0.3 is 5.97 Å². The maximum Gasteiger partial charge on any atom is 0.324 e. The Morgan fingerprint density at radius 1 is 1.32 bits per heavy atom. The van der Waals surface area contributed by atoms with Crippen molar-refractivity contribution in [3.8, 4) is 0 Å². The van der Waals surface area contributed by atoms with Crippen LogP contribution in [0.4, 0.5) is 0 Å². The second kappa shape index (κ2) is 7.09. The molecule has 0 spiro atoms. The van der Waals surface area contributed by atoms with Gasteiger partial charge in [-0.05, 0) is 56.9 Å². The number of aromatic nitrogens is 1. The van der Waals surface area contributed by atoms with Gasteiger partial charge in [-0.3, -0.25) is 9.78 Å². The van der Waals surface area contributed by atoms with Gasteiger partial charge in [-0.25, -0.2) is 8.42 Å². The summed E-state index contributed by atoms with van der Waals surface area (Å²) in [5.74, 6) is -0.472. The predicted octanol–water partition coefficient (Wildman–Crippen LogP) is 2.65. The normalized spacial score (nSPS) is 19.0. The van der Waals surface area contributed by atoms with Crippen LogP contribution in [0, 0.1) is 6.92 Å². The van der Waals surface area contributed by atoms with E-state index in [-0.39, 0.29) is 11.5 Å². The van der Waals surface area contributed by atoms with Crippen LogP contribution >= 0.6 is 0 Å². The van der Waals surface area contributed by atoms with Crippen molar-refractivity contribution >= 4 is 26.9 Å². The molecule has 1 fully saturated rings. The van der Waals surface area contributed by atoms with E-state index in [1.807, 2.05) is 6.92 Å². The predicted molar refractivity (Wildman–Crippen MR) is 94.6 cm³/mol. The number of aryl methyl sites for hydroxylation is 1. The Balaban J connectivity index is 2.09. The first-order valence-electron chi connectivity index (χ1n) is 8.49. The summed E-state index contributed by atoms with van der Waals surface area (Å²) in [6, 6.07) is 6.08. The minimum atomic E-state index is -3.83. The average Bonchev–Trinajstić information content (AvgIpc) is 2.62. The van der Waals surface area contributed by atoms with E-state index in [2.05, 4.69) is 4.98 Å². The number of benzene rings is 1. The molecule has 25 heavy (non-hydrogen) atoms. The molecule has 0 saturated carbocycles. The Kier molecular flexibility index (Phi) is 5.06. The number of nitrogens with zero attached hydrogens (tertiary/aromatic N) is 2. The van der Waals surface area contributed by atoms with Crippen molar-refractivity contribution in [1.29, 1.82) is 0 Å². The molecule has 0 bridgehead atoms. The lowest BCUT2D eigenvalue weighted by Crippen LogP contribution is -2.48. The van der Waals surface area contributed by atoms with Crippen molar-refractivity contribution in [1.82, 2.24) is 9.29 Å². The minimum Gasteiger partial charge on any atom is -0.465 e. The van der Waals surface area contributed by atoms with Crippen molar-refractivity contribution in [3.05, 3.63) is 36.0 Å². The van der Waals surface area contributed by atoms with Gasteiger partial charge in [-0.1, -0.05) is 6.07 Å². The van der Waals surface area contributed by atoms with Gasteiger partial charge in [0.15, 0.2) is 0 Å². The zero-order chi connectivity index (χ0) is 18.0. The van der Waals surface area contributed by atoms with Crippen LogP contribution in [0.15, 0.2) is 35.4 Å². The van der Waals surface area contributed by atoms with E-state index in [1.54, 1.807) is 37.4 Å². The Bertz CT molecular complexity index is 895. The van der Waals surface area contributed by atoms with E-state index >= 15 is 0 Å². The van der Waals surface area contributed by atoms with E-state index in [4.69, 9.17) is 4.74 Å². The summed E-state index contributed by atoms with van der Waals surface area (Å²) < 4.78 is 33.0. The van der Waals surface area contributed by atoms with Crippen LogP contribution in [0.1, 0.15) is 31.7 Å². The van der Waals surface area contributed by atoms with Crippen molar-refractivity contribution in [2.45, 2.75) is 44.0 Å². The number of sulfonamides is 1. The van der Waals surface area contributed by atoms with E-state index in [9.17, 15) is 13.2 Å². The molecule has 2 aromatic rings.